The predicted molar refractivity (Wildman–Crippen MR) is 77.9 cm³/mol. The molecule has 1 amide bonds. The predicted octanol–water partition coefficient (Wildman–Crippen LogP) is 0.575. The highest BCUT2D eigenvalue weighted by Gasteiger charge is 2.34. The van der Waals surface area contributed by atoms with Gasteiger partial charge in [-0.25, -0.2) is 0 Å². The van der Waals surface area contributed by atoms with Crippen LogP contribution in [0.3, 0.4) is 0 Å². The van der Waals surface area contributed by atoms with Crippen LogP contribution in [-0.2, 0) is 4.79 Å². The quantitative estimate of drug-likeness (QED) is 0.390. The molecule has 6 heteroatoms. The van der Waals surface area contributed by atoms with Gasteiger partial charge in [-0.05, 0) is 25.7 Å². The number of hydrogen-bond acceptors (Lipinski definition) is 5. The SMILES string of the molecule is O=C(CCCCCNS)N1CCC(CO)(CO)CC1. The Kier molecular flexibility index (Phi) is 7.75. The zero-order chi connectivity index (χ0) is 14.1. The second-order valence-electron chi connectivity index (χ2n) is 5.42. The van der Waals surface area contributed by atoms with Crippen molar-refractivity contribution < 1.29 is 15.0 Å². The number of carbonyl (C=O) groups excluding carboxylic acids is 1. The lowest BCUT2D eigenvalue weighted by Gasteiger charge is -2.39. The molecule has 1 saturated heterocycles. The molecule has 0 unspecified atom stereocenters. The molecule has 0 aromatic carbocycles. The lowest BCUT2D eigenvalue weighted by Crippen LogP contribution is -2.46. The molecule has 1 rings (SSSR count). The zero-order valence-corrected chi connectivity index (χ0v) is 12.4. The second kappa shape index (κ2) is 8.79. The Morgan fingerprint density at radius 3 is 2.32 bits per heavy atom. The van der Waals surface area contributed by atoms with E-state index in [2.05, 4.69) is 17.5 Å². The van der Waals surface area contributed by atoms with Crippen molar-refractivity contribution in [2.75, 3.05) is 32.8 Å². The lowest BCUT2D eigenvalue weighted by atomic mass is 9.80. The maximum absolute atomic E-state index is 12.0. The van der Waals surface area contributed by atoms with E-state index < -0.39 is 0 Å². The van der Waals surface area contributed by atoms with Crippen LogP contribution in [-0.4, -0.2) is 53.9 Å². The summed E-state index contributed by atoms with van der Waals surface area (Å²) in [6.07, 6.45) is 4.96. The molecular weight excluding hydrogens is 264 g/mol. The molecule has 3 N–H and O–H groups in total. The molecule has 0 radical (unpaired) electrons. The highest BCUT2D eigenvalue weighted by Crippen LogP contribution is 2.30. The topological polar surface area (TPSA) is 72.8 Å². The van der Waals surface area contributed by atoms with Crippen molar-refractivity contribution in [3.8, 4) is 0 Å². The second-order valence-corrected chi connectivity index (χ2v) is 5.73. The Morgan fingerprint density at radius 2 is 1.79 bits per heavy atom. The van der Waals surface area contributed by atoms with Crippen molar-refractivity contribution in [1.82, 2.24) is 9.62 Å². The summed E-state index contributed by atoms with van der Waals surface area (Å²) in [4.78, 5) is 13.9. The standard InChI is InChI=1S/C13H26N2O3S/c16-10-13(11-17)5-8-15(9-6-13)12(18)4-2-1-3-7-14-19/h14,16-17,19H,1-11H2. The number of amides is 1. The number of aliphatic hydroxyl groups excluding tert-OH is 2. The van der Waals surface area contributed by atoms with Crippen LogP contribution in [0.25, 0.3) is 0 Å². The van der Waals surface area contributed by atoms with Crippen LogP contribution in [0.1, 0.15) is 38.5 Å². The molecule has 1 heterocycles. The average molecular weight is 290 g/mol. The van der Waals surface area contributed by atoms with Gasteiger partial charge in [0.1, 0.15) is 0 Å². The van der Waals surface area contributed by atoms with Crippen LogP contribution in [0.4, 0.5) is 0 Å². The van der Waals surface area contributed by atoms with Crippen molar-refractivity contribution in [3.05, 3.63) is 0 Å². The summed E-state index contributed by atoms with van der Waals surface area (Å²) in [5, 5.41) is 18.6. The van der Waals surface area contributed by atoms with Gasteiger partial charge >= 0.3 is 0 Å². The van der Waals surface area contributed by atoms with Gasteiger partial charge in [-0.2, -0.15) is 0 Å². The number of nitrogens with one attached hydrogen (secondary N) is 1. The minimum atomic E-state index is -0.380. The van der Waals surface area contributed by atoms with E-state index in [4.69, 9.17) is 0 Å². The van der Waals surface area contributed by atoms with E-state index in [0.717, 1.165) is 25.8 Å². The van der Waals surface area contributed by atoms with Gasteiger partial charge in [0, 0.05) is 31.5 Å². The third kappa shape index (κ3) is 5.30. The zero-order valence-electron chi connectivity index (χ0n) is 11.5. The maximum Gasteiger partial charge on any atom is 0.222 e. The van der Waals surface area contributed by atoms with E-state index in [1.807, 2.05) is 4.90 Å². The number of thiol groups is 1. The number of likely N-dealkylation sites (tertiary alicyclic amines) is 1. The number of piperidine rings is 1. The first-order chi connectivity index (χ1) is 9.17. The summed E-state index contributed by atoms with van der Waals surface area (Å²) in [5.74, 6) is 0.198. The smallest absolute Gasteiger partial charge is 0.222 e. The fourth-order valence-corrected chi connectivity index (χ4v) is 2.57. The van der Waals surface area contributed by atoms with Gasteiger partial charge < -0.3 is 15.1 Å². The van der Waals surface area contributed by atoms with E-state index in [0.29, 0.717) is 32.4 Å². The first-order valence-electron chi connectivity index (χ1n) is 7.04. The monoisotopic (exact) mass is 290 g/mol. The fraction of sp³-hybridized carbons (Fsp3) is 0.923. The molecule has 0 aromatic rings. The molecule has 0 spiro atoms. The molecular formula is C13H26N2O3S. The van der Waals surface area contributed by atoms with Crippen molar-refractivity contribution in [2.45, 2.75) is 38.5 Å². The lowest BCUT2D eigenvalue weighted by molar-refractivity contribution is -0.134. The first kappa shape index (κ1) is 16.8. The molecule has 0 saturated carbocycles. The molecule has 0 aromatic heterocycles. The summed E-state index contributed by atoms with van der Waals surface area (Å²) in [5.41, 5.74) is -0.380. The van der Waals surface area contributed by atoms with Crippen LogP contribution in [0.2, 0.25) is 0 Å². The molecule has 1 fully saturated rings. The minimum Gasteiger partial charge on any atom is -0.396 e. The molecule has 19 heavy (non-hydrogen) atoms. The highest BCUT2D eigenvalue weighted by atomic mass is 32.1. The van der Waals surface area contributed by atoms with Crippen molar-refractivity contribution in [2.24, 2.45) is 5.41 Å². The van der Waals surface area contributed by atoms with Crippen LogP contribution >= 0.6 is 12.8 Å². The number of aliphatic hydroxyl groups is 2. The largest absolute Gasteiger partial charge is 0.396 e. The molecule has 0 aliphatic carbocycles. The Bertz CT molecular complexity index is 263. The van der Waals surface area contributed by atoms with Gasteiger partial charge in [-0.15, -0.1) is 0 Å². The van der Waals surface area contributed by atoms with E-state index >= 15 is 0 Å². The van der Waals surface area contributed by atoms with E-state index in [-0.39, 0.29) is 24.5 Å². The van der Waals surface area contributed by atoms with Gasteiger partial charge in [0.25, 0.3) is 0 Å². The van der Waals surface area contributed by atoms with Gasteiger partial charge in [-0.1, -0.05) is 19.2 Å². The van der Waals surface area contributed by atoms with Crippen molar-refractivity contribution >= 4 is 18.7 Å². The molecule has 0 atom stereocenters. The highest BCUT2D eigenvalue weighted by molar-refractivity contribution is 7.78. The van der Waals surface area contributed by atoms with Gasteiger partial charge in [0.2, 0.25) is 5.91 Å². The van der Waals surface area contributed by atoms with Crippen LogP contribution < -0.4 is 4.72 Å². The summed E-state index contributed by atoms with van der Waals surface area (Å²) < 4.78 is 2.79. The average Bonchev–Trinajstić information content (AvgIpc) is 2.47. The summed E-state index contributed by atoms with van der Waals surface area (Å²) in [6, 6.07) is 0. The van der Waals surface area contributed by atoms with E-state index in [9.17, 15) is 15.0 Å². The normalized spacial score (nSPS) is 18.6. The molecule has 1 aliphatic rings. The summed E-state index contributed by atoms with van der Waals surface area (Å²) in [6.45, 7) is 2.18. The Morgan fingerprint density at radius 1 is 1.16 bits per heavy atom. The first-order valence-corrected chi connectivity index (χ1v) is 7.48. The Hall–Kier alpha value is -0.300. The number of rotatable bonds is 8. The van der Waals surface area contributed by atoms with Crippen LogP contribution in [0.15, 0.2) is 0 Å². The summed E-state index contributed by atoms with van der Waals surface area (Å²) in [7, 11) is 0. The third-order valence-corrected chi connectivity index (χ3v) is 4.25. The molecule has 1 aliphatic heterocycles. The fourth-order valence-electron chi connectivity index (χ4n) is 2.41. The molecule has 5 nitrogen and oxygen atoms in total. The van der Waals surface area contributed by atoms with Crippen molar-refractivity contribution in [1.29, 1.82) is 0 Å². The van der Waals surface area contributed by atoms with Gasteiger partial charge in [0.05, 0.1) is 13.2 Å². The maximum atomic E-state index is 12.0. The number of unbranched alkanes of at least 4 members (excludes halogenated alkanes) is 2. The Labute approximate surface area is 120 Å². The van der Waals surface area contributed by atoms with E-state index in [1.54, 1.807) is 0 Å². The third-order valence-electron chi connectivity index (χ3n) is 4.03. The minimum absolute atomic E-state index is 0.00224. The number of hydrogen-bond donors (Lipinski definition) is 4. The van der Waals surface area contributed by atoms with Gasteiger partial charge in [0.15, 0.2) is 0 Å². The number of nitrogens with zero attached hydrogens (tertiary/aromatic N) is 1. The van der Waals surface area contributed by atoms with Gasteiger partial charge in [-0.3, -0.25) is 9.52 Å². The molecule has 112 valence electrons. The molecule has 0 bridgehead atoms. The van der Waals surface area contributed by atoms with Crippen LogP contribution in [0.5, 0.6) is 0 Å². The van der Waals surface area contributed by atoms with E-state index in [1.165, 1.54) is 0 Å². The van der Waals surface area contributed by atoms with Crippen LogP contribution in [0, 0.1) is 5.41 Å². The number of carbonyl (C=O) groups is 1. The van der Waals surface area contributed by atoms with Crippen molar-refractivity contribution in [3.63, 3.8) is 0 Å². The summed E-state index contributed by atoms with van der Waals surface area (Å²) >= 11 is 3.92. The Balaban J connectivity index is 2.21.